The predicted molar refractivity (Wildman–Crippen MR) is 62.0 cm³/mol. The Labute approximate surface area is 94.2 Å². The Morgan fingerprint density at radius 3 is 3.20 bits per heavy atom. The van der Waals surface area contributed by atoms with E-state index in [0.29, 0.717) is 6.54 Å². The zero-order valence-electron chi connectivity index (χ0n) is 8.90. The van der Waals surface area contributed by atoms with Crippen LogP contribution in [0, 0.1) is 0 Å². The third-order valence-electron chi connectivity index (χ3n) is 2.86. The van der Waals surface area contributed by atoms with Crippen molar-refractivity contribution >= 4 is 11.8 Å². The summed E-state index contributed by atoms with van der Waals surface area (Å²) >= 11 is 1.82. The molecule has 1 aromatic heterocycles. The van der Waals surface area contributed by atoms with Gasteiger partial charge in [0.25, 0.3) is 0 Å². The lowest BCUT2D eigenvalue weighted by atomic mass is 10.0. The molecule has 0 spiro atoms. The first-order valence-corrected chi connectivity index (χ1v) is 6.41. The minimum atomic E-state index is -0.511. The van der Waals surface area contributed by atoms with Gasteiger partial charge in [-0.05, 0) is 25.2 Å². The monoisotopic (exact) mass is 227 g/mol. The molecule has 0 amide bonds. The molecule has 1 fully saturated rings. The topological polar surface area (TPSA) is 45.4 Å². The van der Waals surface area contributed by atoms with E-state index in [1.54, 1.807) is 12.5 Å². The van der Waals surface area contributed by atoms with Crippen molar-refractivity contribution < 1.29 is 9.52 Å². The van der Waals surface area contributed by atoms with Crippen molar-refractivity contribution in [1.82, 2.24) is 5.32 Å². The molecular weight excluding hydrogens is 210 g/mol. The van der Waals surface area contributed by atoms with Crippen molar-refractivity contribution in [3.05, 3.63) is 24.2 Å². The molecule has 0 saturated carbocycles. The quantitative estimate of drug-likeness (QED) is 0.823. The fourth-order valence-corrected chi connectivity index (χ4v) is 3.01. The summed E-state index contributed by atoms with van der Waals surface area (Å²) in [5, 5.41) is 13.5. The van der Waals surface area contributed by atoms with Gasteiger partial charge in [0.05, 0.1) is 18.1 Å². The number of furan rings is 1. The summed E-state index contributed by atoms with van der Waals surface area (Å²) in [7, 11) is 0. The number of aliphatic hydroxyl groups is 1. The lowest BCUT2D eigenvalue weighted by molar-refractivity contribution is 0.0651. The van der Waals surface area contributed by atoms with Gasteiger partial charge in [0.2, 0.25) is 0 Å². The van der Waals surface area contributed by atoms with Crippen molar-refractivity contribution in [3.63, 3.8) is 0 Å². The van der Waals surface area contributed by atoms with E-state index in [-0.39, 0.29) is 6.04 Å². The summed E-state index contributed by atoms with van der Waals surface area (Å²) < 4.78 is 5.03. The van der Waals surface area contributed by atoms with Gasteiger partial charge in [0.15, 0.2) is 0 Å². The maximum atomic E-state index is 10.1. The molecule has 2 heterocycles. The first-order chi connectivity index (χ1) is 7.20. The highest BCUT2D eigenvalue weighted by Gasteiger charge is 2.31. The zero-order chi connectivity index (χ0) is 10.7. The Hall–Kier alpha value is -0.450. The normalized spacial score (nSPS) is 28.1. The summed E-state index contributed by atoms with van der Waals surface area (Å²) in [5.41, 5.74) is 0.618. The van der Waals surface area contributed by atoms with Gasteiger partial charge in [0.1, 0.15) is 0 Å². The van der Waals surface area contributed by atoms with E-state index in [1.807, 2.05) is 17.8 Å². The van der Waals surface area contributed by atoms with Crippen LogP contribution in [-0.2, 0) is 0 Å². The number of hydrogen-bond acceptors (Lipinski definition) is 4. The minimum Gasteiger partial charge on any atom is -0.472 e. The van der Waals surface area contributed by atoms with Crippen LogP contribution in [0.25, 0.3) is 0 Å². The van der Waals surface area contributed by atoms with Crippen LogP contribution in [0.4, 0.5) is 0 Å². The molecule has 1 saturated heterocycles. The van der Waals surface area contributed by atoms with E-state index in [2.05, 4.69) is 12.2 Å². The second-order valence-electron chi connectivity index (χ2n) is 4.19. The molecule has 0 radical (unpaired) electrons. The minimum absolute atomic E-state index is 0.235. The Balaban J connectivity index is 1.83. The first-order valence-electron chi connectivity index (χ1n) is 5.25. The first kappa shape index (κ1) is 11.0. The second-order valence-corrected chi connectivity index (χ2v) is 5.29. The Morgan fingerprint density at radius 1 is 1.73 bits per heavy atom. The molecule has 2 N–H and O–H groups in total. The van der Waals surface area contributed by atoms with Crippen molar-refractivity contribution in [1.29, 1.82) is 0 Å². The third-order valence-corrected chi connectivity index (χ3v) is 4.10. The van der Waals surface area contributed by atoms with Gasteiger partial charge in [-0.1, -0.05) is 0 Å². The molecule has 0 bridgehead atoms. The highest BCUT2D eigenvalue weighted by Crippen LogP contribution is 2.27. The third kappa shape index (κ3) is 2.77. The fraction of sp³-hybridized carbons (Fsp3) is 0.636. The molecule has 2 rings (SSSR count). The summed E-state index contributed by atoms with van der Waals surface area (Å²) in [5.74, 6) is 1.91. The maximum absolute atomic E-state index is 10.1. The van der Waals surface area contributed by atoms with E-state index >= 15 is 0 Å². The smallest absolute Gasteiger partial charge is 0.0950 e. The van der Waals surface area contributed by atoms with Crippen LogP contribution in [0.5, 0.6) is 0 Å². The Bertz CT molecular complexity index is 294. The Morgan fingerprint density at radius 2 is 2.60 bits per heavy atom. The molecular formula is C11H17NO2S. The molecule has 3 nitrogen and oxygen atoms in total. The van der Waals surface area contributed by atoms with Crippen LogP contribution in [-0.4, -0.2) is 28.8 Å². The molecule has 2 atom stereocenters. The van der Waals surface area contributed by atoms with Gasteiger partial charge in [-0.15, -0.1) is 0 Å². The average molecular weight is 227 g/mol. The number of nitrogens with one attached hydrogen (secondary N) is 1. The lowest BCUT2D eigenvalue weighted by Crippen LogP contribution is -2.41. The van der Waals surface area contributed by atoms with E-state index < -0.39 is 5.60 Å². The van der Waals surface area contributed by atoms with Gasteiger partial charge in [0, 0.05) is 23.9 Å². The van der Waals surface area contributed by atoms with E-state index in [0.717, 1.165) is 23.5 Å². The van der Waals surface area contributed by atoms with E-state index in [1.165, 1.54) is 0 Å². The van der Waals surface area contributed by atoms with Gasteiger partial charge in [-0.25, -0.2) is 0 Å². The van der Waals surface area contributed by atoms with Crippen molar-refractivity contribution in [2.45, 2.75) is 25.0 Å². The van der Waals surface area contributed by atoms with Crippen LogP contribution in [0.2, 0.25) is 0 Å². The van der Waals surface area contributed by atoms with Crippen LogP contribution < -0.4 is 5.32 Å². The maximum Gasteiger partial charge on any atom is 0.0950 e. The van der Waals surface area contributed by atoms with Gasteiger partial charge >= 0.3 is 0 Å². The van der Waals surface area contributed by atoms with E-state index in [9.17, 15) is 5.11 Å². The van der Waals surface area contributed by atoms with Crippen molar-refractivity contribution in [2.24, 2.45) is 0 Å². The molecule has 2 unspecified atom stereocenters. The summed E-state index contributed by atoms with van der Waals surface area (Å²) in [6, 6.07) is 2.18. The van der Waals surface area contributed by atoms with Crippen molar-refractivity contribution in [3.8, 4) is 0 Å². The summed E-state index contributed by atoms with van der Waals surface area (Å²) in [6.07, 6.45) is 4.31. The molecule has 0 aromatic carbocycles. The van der Waals surface area contributed by atoms with Crippen LogP contribution in [0.1, 0.15) is 24.9 Å². The average Bonchev–Trinajstić information content (AvgIpc) is 2.85. The highest BCUT2D eigenvalue weighted by molar-refractivity contribution is 7.99. The predicted octanol–water partition coefficient (Wildman–Crippen LogP) is 1.80. The summed E-state index contributed by atoms with van der Waals surface area (Å²) in [4.78, 5) is 0. The van der Waals surface area contributed by atoms with Crippen LogP contribution in [0.3, 0.4) is 0 Å². The van der Waals surface area contributed by atoms with E-state index in [4.69, 9.17) is 4.42 Å². The number of rotatable bonds is 4. The standard InChI is InChI=1S/C11H17NO2S/c1-9(10-2-4-14-6-10)12-7-11(13)3-5-15-8-11/h2,4,6,9,12-13H,3,5,7-8H2,1H3. The van der Waals surface area contributed by atoms with Crippen LogP contribution in [0.15, 0.2) is 23.0 Å². The molecule has 4 heteroatoms. The van der Waals surface area contributed by atoms with Gasteiger partial charge in [-0.2, -0.15) is 11.8 Å². The number of thioether (sulfide) groups is 1. The Kier molecular flexibility index (Phi) is 3.38. The zero-order valence-corrected chi connectivity index (χ0v) is 9.72. The molecule has 1 aromatic rings. The number of hydrogen-bond donors (Lipinski definition) is 2. The molecule has 0 aliphatic carbocycles. The lowest BCUT2D eigenvalue weighted by Gasteiger charge is -2.24. The fourth-order valence-electron chi connectivity index (χ4n) is 1.72. The summed E-state index contributed by atoms with van der Waals surface area (Å²) in [6.45, 7) is 2.74. The van der Waals surface area contributed by atoms with Crippen molar-refractivity contribution in [2.75, 3.05) is 18.1 Å². The second kappa shape index (κ2) is 4.60. The molecule has 1 aliphatic heterocycles. The molecule has 84 valence electrons. The highest BCUT2D eigenvalue weighted by atomic mass is 32.2. The largest absolute Gasteiger partial charge is 0.472 e. The molecule has 1 aliphatic rings. The SMILES string of the molecule is CC(NCC1(O)CCSC1)c1ccoc1. The molecule has 15 heavy (non-hydrogen) atoms. The van der Waals surface area contributed by atoms with Gasteiger partial charge < -0.3 is 14.8 Å². The van der Waals surface area contributed by atoms with Gasteiger partial charge in [-0.3, -0.25) is 0 Å². The van der Waals surface area contributed by atoms with Crippen LogP contribution >= 0.6 is 11.8 Å².